The van der Waals surface area contributed by atoms with Crippen LogP contribution in [-0.4, -0.2) is 24.9 Å². The maximum absolute atomic E-state index is 13.1. The van der Waals surface area contributed by atoms with E-state index in [1.165, 1.54) is 50.4 Å². The summed E-state index contributed by atoms with van der Waals surface area (Å²) in [5.74, 6) is -1.99. The molecule has 2 N–H and O–H groups in total. The minimum absolute atomic E-state index is 0.163. The molecule has 0 radical (unpaired) electrons. The summed E-state index contributed by atoms with van der Waals surface area (Å²) >= 11 is 0. The lowest BCUT2D eigenvalue weighted by atomic mass is 10.2. The SMILES string of the molecule is COC(=O)c1ccc(NC(=O)/C(C)=C/C(=O)Nc2cccc(F)c2)cc1. The van der Waals surface area contributed by atoms with Crippen molar-refractivity contribution in [1.82, 2.24) is 0 Å². The summed E-state index contributed by atoms with van der Waals surface area (Å²) in [6.45, 7) is 1.48. The molecule has 0 aliphatic carbocycles. The van der Waals surface area contributed by atoms with E-state index in [9.17, 15) is 18.8 Å². The predicted molar refractivity (Wildman–Crippen MR) is 95.2 cm³/mol. The average Bonchev–Trinajstić information content (AvgIpc) is 2.61. The summed E-state index contributed by atoms with van der Waals surface area (Å²) in [6.07, 6.45) is 1.11. The van der Waals surface area contributed by atoms with E-state index >= 15 is 0 Å². The van der Waals surface area contributed by atoms with Crippen molar-refractivity contribution in [3.05, 3.63) is 71.6 Å². The van der Waals surface area contributed by atoms with Crippen LogP contribution in [0.25, 0.3) is 0 Å². The number of rotatable bonds is 5. The Morgan fingerprint density at radius 1 is 1.00 bits per heavy atom. The zero-order valence-electron chi connectivity index (χ0n) is 14.2. The van der Waals surface area contributed by atoms with Crippen LogP contribution < -0.4 is 10.6 Å². The van der Waals surface area contributed by atoms with Crippen LogP contribution in [0.5, 0.6) is 0 Å². The summed E-state index contributed by atoms with van der Waals surface area (Å²) in [6, 6.07) is 11.5. The number of hydrogen-bond acceptors (Lipinski definition) is 4. The molecular weight excluding hydrogens is 339 g/mol. The van der Waals surface area contributed by atoms with Crippen LogP contribution in [0.1, 0.15) is 17.3 Å². The minimum atomic E-state index is -0.552. The molecular formula is C19H17FN2O4. The van der Waals surface area contributed by atoms with E-state index in [1.807, 2.05) is 0 Å². The first-order valence-corrected chi connectivity index (χ1v) is 7.63. The molecule has 2 aromatic rings. The van der Waals surface area contributed by atoms with Gasteiger partial charge in [-0.1, -0.05) is 6.07 Å². The van der Waals surface area contributed by atoms with Crippen molar-refractivity contribution in [1.29, 1.82) is 0 Å². The molecule has 2 aromatic carbocycles. The van der Waals surface area contributed by atoms with E-state index in [-0.39, 0.29) is 11.3 Å². The first kappa shape index (κ1) is 18.9. The van der Waals surface area contributed by atoms with Gasteiger partial charge in [0, 0.05) is 23.0 Å². The lowest BCUT2D eigenvalue weighted by Gasteiger charge is -2.07. The second-order valence-corrected chi connectivity index (χ2v) is 5.35. The predicted octanol–water partition coefficient (Wildman–Crippen LogP) is 3.14. The van der Waals surface area contributed by atoms with E-state index in [0.29, 0.717) is 11.3 Å². The minimum Gasteiger partial charge on any atom is -0.465 e. The van der Waals surface area contributed by atoms with Gasteiger partial charge in [0.2, 0.25) is 5.91 Å². The van der Waals surface area contributed by atoms with E-state index < -0.39 is 23.6 Å². The molecule has 2 rings (SSSR count). The molecule has 0 atom stereocenters. The molecule has 0 heterocycles. The standard InChI is InChI=1S/C19H17FN2O4/c1-12(10-17(23)21-16-5-3-4-14(20)11-16)18(24)22-15-8-6-13(7-9-15)19(25)26-2/h3-11H,1-2H3,(H,21,23)(H,22,24)/b12-10+. The molecule has 0 aliphatic rings. The topological polar surface area (TPSA) is 84.5 Å². The van der Waals surface area contributed by atoms with Crippen molar-refractivity contribution in [2.45, 2.75) is 6.92 Å². The Morgan fingerprint density at radius 3 is 2.31 bits per heavy atom. The number of carbonyl (C=O) groups excluding carboxylic acids is 3. The molecule has 6 nitrogen and oxygen atoms in total. The van der Waals surface area contributed by atoms with E-state index in [1.54, 1.807) is 12.1 Å². The summed E-state index contributed by atoms with van der Waals surface area (Å²) in [5, 5.41) is 5.08. The lowest BCUT2D eigenvalue weighted by Crippen LogP contribution is -2.16. The first-order valence-electron chi connectivity index (χ1n) is 7.63. The number of benzene rings is 2. The number of ether oxygens (including phenoxy) is 1. The van der Waals surface area contributed by atoms with Crippen LogP contribution >= 0.6 is 0 Å². The third-order valence-corrected chi connectivity index (χ3v) is 3.36. The highest BCUT2D eigenvalue weighted by Crippen LogP contribution is 2.12. The number of carbonyl (C=O) groups is 3. The van der Waals surface area contributed by atoms with E-state index in [2.05, 4.69) is 15.4 Å². The van der Waals surface area contributed by atoms with Crippen molar-refractivity contribution in [3.8, 4) is 0 Å². The van der Waals surface area contributed by atoms with Crippen molar-refractivity contribution in [3.63, 3.8) is 0 Å². The third kappa shape index (κ3) is 5.27. The van der Waals surface area contributed by atoms with Crippen LogP contribution in [0.2, 0.25) is 0 Å². The molecule has 0 bridgehead atoms. The van der Waals surface area contributed by atoms with Crippen LogP contribution in [0.4, 0.5) is 15.8 Å². The molecule has 7 heteroatoms. The highest BCUT2D eigenvalue weighted by molar-refractivity contribution is 6.10. The third-order valence-electron chi connectivity index (χ3n) is 3.36. The highest BCUT2D eigenvalue weighted by atomic mass is 19.1. The molecule has 0 unspecified atom stereocenters. The Bertz CT molecular complexity index is 860. The van der Waals surface area contributed by atoms with Crippen molar-refractivity contribution in [2.75, 3.05) is 17.7 Å². The zero-order chi connectivity index (χ0) is 19.1. The Kier molecular flexibility index (Phi) is 6.21. The molecule has 0 aliphatic heterocycles. The number of halogens is 1. The monoisotopic (exact) mass is 356 g/mol. The fraction of sp³-hybridized carbons (Fsp3) is 0.105. The summed E-state index contributed by atoms with van der Waals surface area (Å²) < 4.78 is 17.7. The smallest absolute Gasteiger partial charge is 0.337 e. The zero-order valence-corrected chi connectivity index (χ0v) is 14.2. The summed E-state index contributed by atoms with van der Waals surface area (Å²) in [7, 11) is 1.28. The van der Waals surface area contributed by atoms with Gasteiger partial charge in [-0.25, -0.2) is 9.18 Å². The molecule has 2 amide bonds. The lowest BCUT2D eigenvalue weighted by molar-refractivity contribution is -0.114. The molecule has 0 fully saturated rings. The van der Waals surface area contributed by atoms with Crippen LogP contribution in [0, 0.1) is 5.82 Å². The molecule has 0 spiro atoms. The van der Waals surface area contributed by atoms with Gasteiger partial charge in [0.15, 0.2) is 0 Å². The van der Waals surface area contributed by atoms with Gasteiger partial charge < -0.3 is 15.4 Å². The fourth-order valence-corrected chi connectivity index (χ4v) is 2.04. The summed E-state index contributed by atoms with van der Waals surface area (Å²) in [5.41, 5.74) is 1.27. The number of nitrogens with one attached hydrogen (secondary N) is 2. The number of amides is 2. The maximum atomic E-state index is 13.1. The van der Waals surface area contributed by atoms with Gasteiger partial charge in [-0.05, 0) is 49.4 Å². The van der Waals surface area contributed by atoms with Crippen molar-refractivity contribution in [2.24, 2.45) is 0 Å². The quantitative estimate of drug-likeness (QED) is 0.637. The van der Waals surface area contributed by atoms with Gasteiger partial charge >= 0.3 is 5.97 Å². The highest BCUT2D eigenvalue weighted by Gasteiger charge is 2.09. The van der Waals surface area contributed by atoms with E-state index in [4.69, 9.17) is 0 Å². The summed E-state index contributed by atoms with van der Waals surface area (Å²) in [4.78, 5) is 35.4. The van der Waals surface area contributed by atoms with Crippen molar-refractivity contribution >= 4 is 29.2 Å². The molecule has 134 valence electrons. The first-order chi connectivity index (χ1) is 12.4. The molecule has 0 aromatic heterocycles. The Hall–Kier alpha value is -3.48. The van der Waals surface area contributed by atoms with Gasteiger partial charge in [0.05, 0.1) is 12.7 Å². The Labute approximate surface area is 149 Å². The van der Waals surface area contributed by atoms with Gasteiger partial charge in [0.1, 0.15) is 5.82 Å². The van der Waals surface area contributed by atoms with E-state index in [0.717, 1.165) is 6.08 Å². The Morgan fingerprint density at radius 2 is 1.69 bits per heavy atom. The number of esters is 1. The largest absolute Gasteiger partial charge is 0.465 e. The molecule has 26 heavy (non-hydrogen) atoms. The fourth-order valence-electron chi connectivity index (χ4n) is 2.04. The van der Waals surface area contributed by atoms with Gasteiger partial charge in [0.25, 0.3) is 5.91 Å². The Balaban J connectivity index is 1.98. The number of anilines is 2. The van der Waals surface area contributed by atoms with Crippen LogP contribution in [0.3, 0.4) is 0 Å². The van der Waals surface area contributed by atoms with Crippen molar-refractivity contribution < 1.29 is 23.5 Å². The maximum Gasteiger partial charge on any atom is 0.337 e. The van der Waals surface area contributed by atoms with Gasteiger partial charge in [-0.15, -0.1) is 0 Å². The van der Waals surface area contributed by atoms with Crippen LogP contribution in [-0.2, 0) is 14.3 Å². The molecule has 0 saturated carbocycles. The second kappa shape index (κ2) is 8.57. The number of hydrogen-bond donors (Lipinski definition) is 2. The van der Waals surface area contributed by atoms with Gasteiger partial charge in [-0.3, -0.25) is 9.59 Å². The molecule has 0 saturated heterocycles. The van der Waals surface area contributed by atoms with Gasteiger partial charge in [-0.2, -0.15) is 0 Å². The van der Waals surface area contributed by atoms with Crippen LogP contribution in [0.15, 0.2) is 60.2 Å². The average molecular weight is 356 g/mol. The number of methoxy groups -OCH3 is 1. The normalized spacial score (nSPS) is 10.8. The second-order valence-electron chi connectivity index (χ2n) is 5.35.